The number of benzene rings is 1. The standard InChI is InChI=1S/C10H7NS2/c11-8-5-13-10-4-9-6(1-2-12-9)3-7(8)10/h1-5H,11H2. The van der Waals surface area contributed by atoms with Gasteiger partial charge in [-0.3, -0.25) is 0 Å². The fourth-order valence-corrected chi connectivity index (χ4v) is 3.26. The Morgan fingerprint density at radius 3 is 2.92 bits per heavy atom. The van der Waals surface area contributed by atoms with E-state index in [2.05, 4.69) is 23.6 Å². The Morgan fingerprint density at radius 2 is 2.00 bits per heavy atom. The first-order chi connectivity index (χ1) is 6.34. The minimum absolute atomic E-state index is 0.896. The SMILES string of the molecule is Nc1csc2cc3sccc3cc12. The summed E-state index contributed by atoms with van der Waals surface area (Å²) in [5.74, 6) is 0. The molecule has 64 valence electrons. The molecule has 0 spiro atoms. The van der Waals surface area contributed by atoms with Gasteiger partial charge in [0.05, 0.1) is 5.69 Å². The molecule has 3 rings (SSSR count). The van der Waals surface area contributed by atoms with Gasteiger partial charge in [0.2, 0.25) is 0 Å². The lowest BCUT2D eigenvalue weighted by Gasteiger charge is -1.92. The lowest BCUT2D eigenvalue weighted by molar-refractivity contribution is 1.93. The highest BCUT2D eigenvalue weighted by Gasteiger charge is 2.03. The van der Waals surface area contributed by atoms with E-state index in [9.17, 15) is 0 Å². The van der Waals surface area contributed by atoms with Gasteiger partial charge in [-0.2, -0.15) is 0 Å². The van der Waals surface area contributed by atoms with Crippen LogP contribution in [0.2, 0.25) is 0 Å². The number of thiophene rings is 2. The predicted octanol–water partition coefficient (Wildman–Crippen LogP) is 3.70. The Hall–Kier alpha value is -1.06. The third kappa shape index (κ3) is 0.975. The van der Waals surface area contributed by atoms with E-state index in [1.54, 1.807) is 22.7 Å². The van der Waals surface area contributed by atoms with Crippen molar-refractivity contribution in [3.05, 3.63) is 29.0 Å². The van der Waals surface area contributed by atoms with Crippen molar-refractivity contribution in [3.63, 3.8) is 0 Å². The van der Waals surface area contributed by atoms with E-state index in [4.69, 9.17) is 5.73 Å². The second-order valence-electron chi connectivity index (χ2n) is 3.00. The molecule has 0 fully saturated rings. The van der Waals surface area contributed by atoms with Crippen molar-refractivity contribution in [2.75, 3.05) is 5.73 Å². The van der Waals surface area contributed by atoms with E-state index in [0.29, 0.717) is 0 Å². The average molecular weight is 205 g/mol. The molecule has 3 heteroatoms. The summed E-state index contributed by atoms with van der Waals surface area (Å²) in [6, 6.07) is 6.53. The third-order valence-corrected chi connectivity index (χ3v) is 4.02. The molecule has 0 saturated carbocycles. The number of fused-ring (bicyclic) bond motifs is 2. The molecule has 0 aliphatic heterocycles. The summed E-state index contributed by atoms with van der Waals surface area (Å²) < 4.78 is 2.63. The number of hydrogen-bond acceptors (Lipinski definition) is 3. The van der Waals surface area contributed by atoms with Crippen LogP contribution in [-0.2, 0) is 0 Å². The van der Waals surface area contributed by atoms with Gasteiger partial charge < -0.3 is 5.73 Å². The van der Waals surface area contributed by atoms with Gasteiger partial charge in [0, 0.05) is 20.2 Å². The van der Waals surface area contributed by atoms with Crippen molar-refractivity contribution < 1.29 is 0 Å². The first-order valence-corrected chi connectivity index (χ1v) is 5.74. The number of hydrogen-bond donors (Lipinski definition) is 1. The van der Waals surface area contributed by atoms with Crippen LogP contribution in [0.3, 0.4) is 0 Å². The summed E-state index contributed by atoms with van der Waals surface area (Å²) in [7, 11) is 0. The quantitative estimate of drug-likeness (QED) is 0.595. The molecule has 13 heavy (non-hydrogen) atoms. The van der Waals surface area contributed by atoms with Gasteiger partial charge >= 0.3 is 0 Å². The number of nitrogens with two attached hydrogens (primary N) is 1. The largest absolute Gasteiger partial charge is 0.398 e. The molecule has 3 aromatic rings. The molecule has 0 bridgehead atoms. The smallest absolute Gasteiger partial charge is 0.0503 e. The van der Waals surface area contributed by atoms with E-state index in [-0.39, 0.29) is 0 Å². The molecule has 0 radical (unpaired) electrons. The molecule has 0 atom stereocenters. The van der Waals surface area contributed by atoms with Gasteiger partial charge in [-0.15, -0.1) is 22.7 Å². The highest BCUT2D eigenvalue weighted by molar-refractivity contribution is 7.19. The first-order valence-electron chi connectivity index (χ1n) is 3.98. The van der Waals surface area contributed by atoms with Gasteiger partial charge in [-0.05, 0) is 29.0 Å². The maximum atomic E-state index is 5.85. The number of rotatable bonds is 0. The number of nitrogen functional groups attached to an aromatic ring is 1. The maximum absolute atomic E-state index is 5.85. The summed E-state index contributed by atoms with van der Waals surface area (Å²) in [6.07, 6.45) is 0. The summed E-state index contributed by atoms with van der Waals surface area (Å²) in [4.78, 5) is 0. The van der Waals surface area contributed by atoms with Crippen LogP contribution in [-0.4, -0.2) is 0 Å². The Morgan fingerprint density at radius 1 is 1.08 bits per heavy atom. The lowest BCUT2D eigenvalue weighted by Crippen LogP contribution is -1.79. The van der Waals surface area contributed by atoms with Crippen LogP contribution < -0.4 is 5.73 Å². The molecular weight excluding hydrogens is 198 g/mol. The Bertz CT molecular complexity index is 577. The monoisotopic (exact) mass is 205 g/mol. The Labute approximate surface area is 83.4 Å². The number of anilines is 1. The maximum Gasteiger partial charge on any atom is 0.0503 e. The molecule has 0 amide bonds. The van der Waals surface area contributed by atoms with E-state index in [1.165, 1.54) is 20.2 Å². The molecule has 0 aliphatic rings. The molecule has 0 saturated heterocycles. The van der Waals surface area contributed by atoms with E-state index < -0.39 is 0 Å². The first kappa shape index (κ1) is 7.35. The normalized spacial score (nSPS) is 11.4. The zero-order chi connectivity index (χ0) is 8.84. The summed E-state index contributed by atoms with van der Waals surface area (Å²) in [6.45, 7) is 0. The fourth-order valence-electron chi connectivity index (χ4n) is 1.50. The van der Waals surface area contributed by atoms with Crippen molar-refractivity contribution in [2.24, 2.45) is 0 Å². The predicted molar refractivity (Wildman–Crippen MR) is 61.6 cm³/mol. The molecule has 1 aromatic carbocycles. The van der Waals surface area contributed by atoms with Crippen molar-refractivity contribution in [1.82, 2.24) is 0 Å². The van der Waals surface area contributed by atoms with Crippen molar-refractivity contribution in [2.45, 2.75) is 0 Å². The van der Waals surface area contributed by atoms with Gasteiger partial charge in [-0.1, -0.05) is 0 Å². The molecule has 1 nitrogen and oxygen atoms in total. The molecule has 0 unspecified atom stereocenters. The van der Waals surface area contributed by atoms with Gasteiger partial charge in [0.1, 0.15) is 0 Å². The van der Waals surface area contributed by atoms with Crippen molar-refractivity contribution >= 4 is 48.5 Å². The molecule has 2 aromatic heterocycles. The third-order valence-electron chi connectivity index (χ3n) is 2.18. The van der Waals surface area contributed by atoms with Gasteiger partial charge in [0.25, 0.3) is 0 Å². The molecular formula is C10H7NS2. The molecule has 2 heterocycles. The van der Waals surface area contributed by atoms with E-state index in [1.807, 2.05) is 5.38 Å². The van der Waals surface area contributed by atoms with Crippen LogP contribution >= 0.6 is 22.7 Å². The lowest BCUT2D eigenvalue weighted by atomic mass is 10.2. The van der Waals surface area contributed by atoms with E-state index >= 15 is 0 Å². The second kappa shape index (κ2) is 2.47. The minimum Gasteiger partial charge on any atom is -0.398 e. The van der Waals surface area contributed by atoms with Crippen LogP contribution in [0, 0.1) is 0 Å². The average Bonchev–Trinajstić information content (AvgIpc) is 2.70. The zero-order valence-electron chi connectivity index (χ0n) is 6.78. The van der Waals surface area contributed by atoms with Crippen molar-refractivity contribution in [3.8, 4) is 0 Å². The highest BCUT2D eigenvalue weighted by Crippen LogP contribution is 2.33. The topological polar surface area (TPSA) is 26.0 Å². The summed E-state index contributed by atoms with van der Waals surface area (Å²) >= 11 is 3.49. The Balaban J connectivity index is 2.59. The summed E-state index contributed by atoms with van der Waals surface area (Å²) in [5.41, 5.74) is 6.75. The fraction of sp³-hybridized carbons (Fsp3) is 0. The van der Waals surface area contributed by atoms with Crippen molar-refractivity contribution in [1.29, 1.82) is 0 Å². The van der Waals surface area contributed by atoms with E-state index in [0.717, 1.165) is 5.69 Å². The van der Waals surface area contributed by atoms with Crippen LogP contribution in [0.15, 0.2) is 29.0 Å². The van der Waals surface area contributed by atoms with Gasteiger partial charge in [0.15, 0.2) is 0 Å². The molecule has 0 aliphatic carbocycles. The second-order valence-corrected chi connectivity index (χ2v) is 4.86. The van der Waals surface area contributed by atoms with Crippen LogP contribution in [0.1, 0.15) is 0 Å². The van der Waals surface area contributed by atoms with Crippen LogP contribution in [0.25, 0.3) is 20.2 Å². The molecule has 2 N–H and O–H groups in total. The zero-order valence-corrected chi connectivity index (χ0v) is 8.41. The van der Waals surface area contributed by atoms with Crippen LogP contribution in [0.5, 0.6) is 0 Å². The summed E-state index contributed by atoms with van der Waals surface area (Å²) in [5, 5.41) is 6.61. The highest BCUT2D eigenvalue weighted by atomic mass is 32.1. The van der Waals surface area contributed by atoms with Gasteiger partial charge in [-0.25, -0.2) is 0 Å². The van der Waals surface area contributed by atoms with Crippen LogP contribution in [0.4, 0.5) is 5.69 Å². The minimum atomic E-state index is 0.896. The Kier molecular flexibility index (Phi) is 1.39.